The number of halogens is 1. The van der Waals surface area contributed by atoms with E-state index in [1.807, 2.05) is 34.1 Å². The predicted octanol–water partition coefficient (Wildman–Crippen LogP) is 3.93. The van der Waals surface area contributed by atoms with Crippen LogP contribution >= 0.6 is 11.6 Å². The van der Waals surface area contributed by atoms with E-state index >= 15 is 0 Å². The number of likely N-dealkylation sites (tertiary alicyclic amines) is 2. The van der Waals surface area contributed by atoms with E-state index in [0.29, 0.717) is 28.4 Å². The summed E-state index contributed by atoms with van der Waals surface area (Å²) in [6.45, 7) is 3.52. The lowest BCUT2D eigenvalue weighted by atomic mass is 10.1. The Morgan fingerprint density at radius 1 is 0.794 bits per heavy atom. The molecule has 0 saturated carbocycles. The van der Waals surface area contributed by atoms with Crippen LogP contribution in [0.5, 0.6) is 0 Å². The van der Waals surface area contributed by atoms with Crippen LogP contribution < -0.4 is 10.6 Å². The first-order valence-corrected chi connectivity index (χ1v) is 12.4. The monoisotopic (exact) mass is 482 g/mol. The number of carbonyl (C=O) groups is 3. The number of anilines is 1. The summed E-state index contributed by atoms with van der Waals surface area (Å²) in [7, 11) is 0. The van der Waals surface area contributed by atoms with Crippen molar-refractivity contribution in [2.75, 3.05) is 38.0 Å². The molecule has 0 bridgehead atoms. The SMILES string of the molecule is O=C(CNc1cc(Cl)ccc1C(=O)N1CCCCC1)NCc1ccc(C(=O)N2CCCC2)cc1. The molecule has 7 nitrogen and oxygen atoms in total. The summed E-state index contributed by atoms with van der Waals surface area (Å²) in [6.07, 6.45) is 5.29. The minimum Gasteiger partial charge on any atom is -0.375 e. The lowest BCUT2D eigenvalue weighted by molar-refractivity contribution is -0.119. The Morgan fingerprint density at radius 3 is 2.09 bits per heavy atom. The molecule has 2 aliphatic rings. The number of nitrogens with zero attached hydrogens (tertiary/aromatic N) is 2. The first kappa shape index (κ1) is 24.1. The molecule has 180 valence electrons. The van der Waals surface area contributed by atoms with Gasteiger partial charge in [-0.05, 0) is 68.0 Å². The summed E-state index contributed by atoms with van der Waals surface area (Å²) >= 11 is 6.15. The van der Waals surface area contributed by atoms with Gasteiger partial charge in [-0.1, -0.05) is 23.7 Å². The Bertz CT molecular complexity index is 1030. The zero-order valence-corrected chi connectivity index (χ0v) is 20.1. The molecule has 0 unspecified atom stereocenters. The van der Waals surface area contributed by atoms with Crippen LogP contribution in [0.1, 0.15) is 58.4 Å². The van der Waals surface area contributed by atoms with Crippen molar-refractivity contribution in [2.45, 2.75) is 38.6 Å². The van der Waals surface area contributed by atoms with Crippen LogP contribution in [0.15, 0.2) is 42.5 Å². The standard InChI is InChI=1S/C26H31ClN4O3/c27-21-10-11-22(26(34)31-12-2-1-3-13-31)23(16-21)28-18-24(32)29-17-19-6-8-20(9-7-19)25(33)30-14-4-5-15-30/h6-11,16,28H,1-5,12-15,17-18H2,(H,29,32). The zero-order valence-electron chi connectivity index (χ0n) is 19.3. The fourth-order valence-electron chi connectivity index (χ4n) is 4.42. The minimum absolute atomic E-state index is 0.0200. The lowest BCUT2D eigenvalue weighted by Crippen LogP contribution is -2.36. The molecule has 2 heterocycles. The van der Waals surface area contributed by atoms with E-state index < -0.39 is 0 Å². The second-order valence-corrected chi connectivity index (χ2v) is 9.31. The molecule has 2 saturated heterocycles. The number of hydrogen-bond donors (Lipinski definition) is 2. The van der Waals surface area contributed by atoms with Crippen LogP contribution in [-0.4, -0.2) is 60.2 Å². The third-order valence-corrected chi connectivity index (χ3v) is 6.61. The van der Waals surface area contributed by atoms with Crippen LogP contribution in [0.25, 0.3) is 0 Å². The number of amides is 3. The average Bonchev–Trinajstić information content (AvgIpc) is 3.41. The molecule has 0 atom stereocenters. The van der Waals surface area contributed by atoms with Crippen molar-refractivity contribution < 1.29 is 14.4 Å². The predicted molar refractivity (Wildman–Crippen MR) is 133 cm³/mol. The molecule has 34 heavy (non-hydrogen) atoms. The highest BCUT2D eigenvalue weighted by Crippen LogP contribution is 2.24. The summed E-state index contributed by atoms with van der Waals surface area (Å²) in [5.41, 5.74) is 2.67. The van der Waals surface area contributed by atoms with E-state index in [9.17, 15) is 14.4 Å². The third-order valence-electron chi connectivity index (χ3n) is 6.38. The van der Waals surface area contributed by atoms with Crippen LogP contribution in [0, 0.1) is 0 Å². The van der Waals surface area contributed by atoms with Crippen molar-refractivity contribution in [3.05, 3.63) is 64.2 Å². The first-order chi connectivity index (χ1) is 16.5. The van der Waals surface area contributed by atoms with Gasteiger partial charge in [0.2, 0.25) is 5.91 Å². The Labute approximate surface area is 205 Å². The van der Waals surface area contributed by atoms with Crippen molar-refractivity contribution >= 4 is 35.0 Å². The van der Waals surface area contributed by atoms with Gasteiger partial charge in [0.25, 0.3) is 11.8 Å². The van der Waals surface area contributed by atoms with Crippen LogP contribution in [0.3, 0.4) is 0 Å². The highest BCUT2D eigenvalue weighted by molar-refractivity contribution is 6.31. The van der Waals surface area contributed by atoms with Crippen molar-refractivity contribution in [1.29, 1.82) is 0 Å². The molecule has 2 N–H and O–H groups in total. The maximum absolute atomic E-state index is 13.0. The minimum atomic E-state index is -0.200. The molecular weight excluding hydrogens is 452 g/mol. The Balaban J connectivity index is 1.29. The summed E-state index contributed by atoms with van der Waals surface area (Å²) in [4.78, 5) is 41.6. The van der Waals surface area contributed by atoms with E-state index in [0.717, 1.165) is 63.8 Å². The molecule has 4 rings (SSSR count). The molecule has 2 fully saturated rings. The average molecular weight is 483 g/mol. The van der Waals surface area contributed by atoms with Gasteiger partial charge in [0.15, 0.2) is 0 Å². The van der Waals surface area contributed by atoms with Crippen molar-refractivity contribution in [1.82, 2.24) is 15.1 Å². The van der Waals surface area contributed by atoms with E-state index in [1.165, 1.54) is 0 Å². The molecule has 0 aliphatic carbocycles. The van der Waals surface area contributed by atoms with Gasteiger partial charge in [-0.3, -0.25) is 14.4 Å². The summed E-state index contributed by atoms with van der Waals surface area (Å²) in [5.74, 6) is -0.176. The van der Waals surface area contributed by atoms with Crippen LogP contribution in [0.2, 0.25) is 5.02 Å². The van der Waals surface area contributed by atoms with Gasteiger partial charge in [-0.2, -0.15) is 0 Å². The maximum atomic E-state index is 13.0. The number of nitrogens with one attached hydrogen (secondary N) is 2. The van der Waals surface area contributed by atoms with Gasteiger partial charge in [0, 0.05) is 49.0 Å². The number of benzene rings is 2. The quantitative estimate of drug-likeness (QED) is 0.626. The second kappa shape index (κ2) is 11.4. The smallest absolute Gasteiger partial charge is 0.255 e. The summed E-state index contributed by atoms with van der Waals surface area (Å²) in [5, 5.41) is 6.45. The van der Waals surface area contributed by atoms with Gasteiger partial charge >= 0.3 is 0 Å². The van der Waals surface area contributed by atoms with Gasteiger partial charge in [0.05, 0.1) is 12.1 Å². The van der Waals surface area contributed by atoms with E-state index in [1.54, 1.807) is 18.2 Å². The Hall–Kier alpha value is -3.06. The molecule has 3 amide bonds. The summed E-state index contributed by atoms with van der Waals surface area (Å²) in [6, 6.07) is 12.4. The van der Waals surface area contributed by atoms with Crippen LogP contribution in [-0.2, 0) is 11.3 Å². The molecule has 2 aromatic rings. The maximum Gasteiger partial charge on any atom is 0.255 e. The van der Waals surface area contributed by atoms with E-state index in [2.05, 4.69) is 10.6 Å². The zero-order chi connectivity index (χ0) is 23.9. The van der Waals surface area contributed by atoms with Gasteiger partial charge in [-0.15, -0.1) is 0 Å². The normalized spacial score (nSPS) is 15.8. The van der Waals surface area contributed by atoms with E-state index in [4.69, 9.17) is 11.6 Å². The summed E-state index contributed by atoms with van der Waals surface area (Å²) < 4.78 is 0. The third kappa shape index (κ3) is 6.08. The van der Waals surface area contributed by atoms with Gasteiger partial charge < -0.3 is 20.4 Å². The lowest BCUT2D eigenvalue weighted by Gasteiger charge is -2.27. The molecule has 2 aliphatic heterocycles. The van der Waals surface area contributed by atoms with E-state index in [-0.39, 0.29) is 24.3 Å². The Morgan fingerprint density at radius 2 is 1.41 bits per heavy atom. The molecule has 0 radical (unpaired) electrons. The second-order valence-electron chi connectivity index (χ2n) is 8.87. The number of hydrogen-bond acceptors (Lipinski definition) is 4. The first-order valence-electron chi connectivity index (χ1n) is 12.0. The number of carbonyl (C=O) groups excluding carboxylic acids is 3. The molecular formula is C26H31ClN4O3. The highest BCUT2D eigenvalue weighted by Gasteiger charge is 2.21. The fourth-order valence-corrected chi connectivity index (χ4v) is 4.60. The van der Waals surface area contributed by atoms with Crippen molar-refractivity contribution in [2.24, 2.45) is 0 Å². The molecule has 8 heteroatoms. The number of rotatable bonds is 7. The van der Waals surface area contributed by atoms with Crippen molar-refractivity contribution in [3.8, 4) is 0 Å². The van der Waals surface area contributed by atoms with Gasteiger partial charge in [0.1, 0.15) is 0 Å². The molecule has 2 aromatic carbocycles. The fraction of sp³-hybridized carbons (Fsp3) is 0.423. The molecule has 0 spiro atoms. The Kier molecular flexibility index (Phi) is 8.06. The largest absolute Gasteiger partial charge is 0.375 e. The highest BCUT2D eigenvalue weighted by atomic mass is 35.5. The van der Waals surface area contributed by atoms with Crippen LogP contribution in [0.4, 0.5) is 5.69 Å². The topological polar surface area (TPSA) is 81.8 Å². The van der Waals surface area contributed by atoms with Crippen molar-refractivity contribution in [3.63, 3.8) is 0 Å². The molecule has 0 aromatic heterocycles. The number of piperidine rings is 1. The van der Waals surface area contributed by atoms with Gasteiger partial charge in [-0.25, -0.2) is 0 Å².